The van der Waals surface area contributed by atoms with E-state index >= 15 is 0 Å². The van der Waals surface area contributed by atoms with E-state index in [1.165, 1.54) is 0 Å². The van der Waals surface area contributed by atoms with Crippen molar-refractivity contribution in [2.45, 2.75) is 31.8 Å². The van der Waals surface area contributed by atoms with Gasteiger partial charge in [-0.2, -0.15) is 0 Å². The highest BCUT2D eigenvalue weighted by Crippen LogP contribution is 2.37. The zero-order chi connectivity index (χ0) is 28.2. The Labute approximate surface area is 237 Å². The molecule has 7 rings (SSSR count). The van der Waals surface area contributed by atoms with Gasteiger partial charge < -0.3 is 24.9 Å². The fourth-order valence-corrected chi connectivity index (χ4v) is 6.12. The summed E-state index contributed by atoms with van der Waals surface area (Å²) in [6, 6.07) is 13.8. The molecule has 2 aliphatic heterocycles. The number of nitrogens with one attached hydrogen (secondary N) is 2. The highest BCUT2D eigenvalue weighted by molar-refractivity contribution is 6.06. The second-order valence-electron chi connectivity index (χ2n) is 11.1. The van der Waals surface area contributed by atoms with Crippen LogP contribution in [0.25, 0.3) is 28.0 Å². The fourth-order valence-electron chi connectivity index (χ4n) is 6.12. The molecule has 10 heteroatoms. The highest BCUT2D eigenvalue weighted by atomic mass is 16.3. The van der Waals surface area contributed by atoms with Crippen molar-refractivity contribution in [3.63, 3.8) is 0 Å². The summed E-state index contributed by atoms with van der Waals surface area (Å²) in [7, 11) is 5.88. The molecule has 2 N–H and O–H groups in total. The van der Waals surface area contributed by atoms with Gasteiger partial charge in [-0.1, -0.05) is 12.1 Å². The summed E-state index contributed by atoms with van der Waals surface area (Å²) in [5, 5.41) is 6.43. The predicted molar refractivity (Wildman–Crippen MR) is 156 cm³/mol. The van der Waals surface area contributed by atoms with E-state index in [0.717, 1.165) is 57.8 Å². The van der Waals surface area contributed by atoms with Gasteiger partial charge in [0.25, 0.3) is 5.91 Å². The summed E-state index contributed by atoms with van der Waals surface area (Å²) < 4.78 is 7.68. The van der Waals surface area contributed by atoms with Crippen molar-refractivity contribution in [2.75, 3.05) is 33.0 Å². The van der Waals surface area contributed by atoms with E-state index in [-0.39, 0.29) is 17.7 Å². The Morgan fingerprint density at radius 2 is 2.00 bits per heavy atom. The van der Waals surface area contributed by atoms with Crippen molar-refractivity contribution in [1.82, 2.24) is 29.5 Å². The molecule has 1 atom stereocenters. The average molecular weight is 550 g/mol. The van der Waals surface area contributed by atoms with Gasteiger partial charge in [0, 0.05) is 44.7 Å². The highest BCUT2D eigenvalue weighted by Gasteiger charge is 2.29. The molecule has 0 aliphatic carbocycles. The van der Waals surface area contributed by atoms with Gasteiger partial charge in [-0.05, 0) is 61.8 Å². The van der Waals surface area contributed by atoms with E-state index in [2.05, 4.69) is 31.0 Å². The number of nitrogens with zero attached hydrogens (tertiary/aromatic N) is 5. The third kappa shape index (κ3) is 4.31. The molecular weight excluding hydrogens is 518 g/mol. The molecular formula is C31H31N7O3. The van der Waals surface area contributed by atoms with Gasteiger partial charge in [0.2, 0.25) is 5.91 Å². The number of anilines is 2. The first-order valence-corrected chi connectivity index (χ1v) is 13.8. The number of carbonyl (C=O) groups excluding carboxylic acids is 2. The number of pyridine rings is 2. The standard InChI is InChI=1S/C31H31N7O3/c1-36(2)17-23-19(18-10-12-37(3)29(39)14-18)5-8-27(35-23)34-22-6-4-20(21-15-33-31(40)30(21)22)25-16-32-28-9-7-26-24(38(25)28)11-13-41-26/h4-9,11,13,16,18H,10,12,14-15,17H2,1-3H3,(H,33,40)(H,34,35)/t18-/m1/s1. The molecule has 4 aromatic heterocycles. The van der Waals surface area contributed by atoms with E-state index in [0.29, 0.717) is 36.6 Å². The fraction of sp³-hybridized carbons (Fsp3) is 0.290. The van der Waals surface area contributed by atoms with Crippen LogP contribution >= 0.6 is 0 Å². The number of carbonyl (C=O) groups is 2. The number of benzene rings is 1. The van der Waals surface area contributed by atoms with Crippen molar-refractivity contribution in [2.24, 2.45) is 0 Å². The summed E-state index contributed by atoms with van der Waals surface area (Å²) in [6.07, 6.45) is 4.92. The van der Waals surface area contributed by atoms with E-state index in [9.17, 15) is 9.59 Å². The Balaban J connectivity index is 1.26. The number of furan rings is 1. The van der Waals surface area contributed by atoms with Gasteiger partial charge in [-0.25, -0.2) is 9.97 Å². The largest absolute Gasteiger partial charge is 0.463 e. The van der Waals surface area contributed by atoms with Crippen LogP contribution < -0.4 is 10.6 Å². The number of piperidine rings is 1. The van der Waals surface area contributed by atoms with Gasteiger partial charge in [0.15, 0.2) is 5.58 Å². The molecule has 1 saturated heterocycles. The molecule has 0 saturated carbocycles. The van der Waals surface area contributed by atoms with Gasteiger partial charge in [0.1, 0.15) is 11.5 Å². The van der Waals surface area contributed by atoms with E-state index in [1.54, 1.807) is 11.2 Å². The van der Waals surface area contributed by atoms with E-state index < -0.39 is 0 Å². The minimum absolute atomic E-state index is 0.124. The number of aromatic nitrogens is 3. The molecule has 0 bridgehead atoms. The smallest absolute Gasteiger partial charge is 0.254 e. The number of imidazole rings is 1. The lowest BCUT2D eigenvalue weighted by atomic mass is 9.88. The Bertz CT molecular complexity index is 1840. The molecule has 0 unspecified atom stereocenters. The monoisotopic (exact) mass is 549 g/mol. The lowest BCUT2D eigenvalue weighted by molar-refractivity contribution is -0.132. The maximum Gasteiger partial charge on any atom is 0.254 e. The van der Waals surface area contributed by atoms with Crippen LogP contribution in [-0.4, -0.2) is 63.7 Å². The Morgan fingerprint density at radius 1 is 1.12 bits per heavy atom. The van der Waals surface area contributed by atoms with Gasteiger partial charge in [0.05, 0.1) is 40.6 Å². The number of likely N-dealkylation sites (tertiary alicyclic amines) is 1. The Morgan fingerprint density at radius 3 is 2.83 bits per heavy atom. The second kappa shape index (κ2) is 9.74. The third-order valence-electron chi connectivity index (χ3n) is 8.17. The van der Waals surface area contributed by atoms with Crippen molar-refractivity contribution >= 4 is 40.1 Å². The van der Waals surface area contributed by atoms with Crippen LogP contribution in [0.4, 0.5) is 11.5 Å². The zero-order valence-electron chi connectivity index (χ0n) is 23.3. The van der Waals surface area contributed by atoms with Crippen LogP contribution in [0, 0.1) is 0 Å². The number of fused-ring (bicyclic) bond motifs is 4. The molecule has 10 nitrogen and oxygen atoms in total. The van der Waals surface area contributed by atoms with Crippen molar-refractivity contribution in [3.05, 3.63) is 77.3 Å². The first kappa shape index (κ1) is 25.3. The topological polar surface area (TPSA) is 108 Å². The van der Waals surface area contributed by atoms with Crippen LogP contribution in [0.15, 0.2) is 59.3 Å². The van der Waals surface area contributed by atoms with E-state index in [1.807, 2.05) is 63.7 Å². The summed E-state index contributed by atoms with van der Waals surface area (Å²) in [5.74, 6) is 0.855. The normalized spacial score (nSPS) is 17.1. The molecule has 1 fully saturated rings. The number of rotatable bonds is 6. The molecule has 0 spiro atoms. The zero-order valence-corrected chi connectivity index (χ0v) is 23.3. The summed E-state index contributed by atoms with van der Waals surface area (Å²) >= 11 is 0. The van der Waals surface area contributed by atoms with Gasteiger partial charge in [-0.15, -0.1) is 0 Å². The quantitative estimate of drug-likeness (QED) is 0.321. The first-order valence-electron chi connectivity index (χ1n) is 13.8. The van der Waals surface area contributed by atoms with Crippen molar-refractivity contribution in [1.29, 1.82) is 0 Å². The summed E-state index contributed by atoms with van der Waals surface area (Å²) in [4.78, 5) is 39.0. The minimum Gasteiger partial charge on any atom is -0.463 e. The van der Waals surface area contributed by atoms with Crippen LogP contribution in [0.3, 0.4) is 0 Å². The first-order chi connectivity index (χ1) is 19.9. The minimum atomic E-state index is -0.124. The van der Waals surface area contributed by atoms with Crippen LogP contribution in [-0.2, 0) is 17.9 Å². The molecule has 5 aromatic rings. The van der Waals surface area contributed by atoms with Crippen LogP contribution in [0.1, 0.15) is 45.9 Å². The molecule has 2 aliphatic rings. The molecule has 1 aromatic carbocycles. The molecule has 0 radical (unpaired) electrons. The Hall–Kier alpha value is -4.70. The van der Waals surface area contributed by atoms with Crippen molar-refractivity contribution in [3.8, 4) is 11.3 Å². The molecule has 41 heavy (non-hydrogen) atoms. The maximum atomic E-state index is 13.1. The van der Waals surface area contributed by atoms with Gasteiger partial charge in [-0.3, -0.25) is 14.0 Å². The summed E-state index contributed by atoms with van der Waals surface area (Å²) in [5.41, 5.74) is 8.62. The van der Waals surface area contributed by atoms with E-state index in [4.69, 9.17) is 9.40 Å². The second-order valence-corrected chi connectivity index (χ2v) is 11.1. The number of amides is 2. The third-order valence-corrected chi connectivity index (χ3v) is 8.17. The number of hydrogen-bond donors (Lipinski definition) is 2. The lowest BCUT2D eigenvalue weighted by Gasteiger charge is -2.30. The van der Waals surface area contributed by atoms with Crippen LogP contribution in [0.2, 0.25) is 0 Å². The molecule has 2 amide bonds. The molecule has 6 heterocycles. The van der Waals surface area contributed by atoms with Gasteiger partial charge >= 0.3 is 0 Å². The van der Waals surface area contributed by atoms with Crippen LogP contribution in [0.5, 0.6) is 0 Å². The number of hydrogen-bond acceptors (Lipinski definition) is 7. The SMILES string of the molecule is CN(C)Cc1nc(Nc2ccc(-c3cnc4ccc5occc5n34)c3c2C(=O)NC3)ccc1[C@@H]1CCN(C)C(=O)C1. The maximum absolute atomic E-state index is 13.1. The lowest BCUT2D eigenvalue weighted by Crippen LogP contribution is -2.35. The summed E-state index contributed by atoms with van der Waals surface area (Å²) in [6.45, 7) is 1.83. The Kier molecular flexibility index (Phi) is 6.01. The molecule has 208 valence electrons. The average Bonchev–Trinajstić information content (AvgIpc) is 3.69. The predicted octanol–water partition coefficient (Wildman–Crippen LogP) is 4.53. The van der Waals surface area contributed by atoms with Crippen molar-refractivity contribution < 1.29 is 14.0 Å².